The van der Waals surface area contributed by atoms with E-state index in [4.69, 9.17) is 18.2 Å². The molecule has 2 heterocycles. The van der Waals surface area contributed by atoms with Gasteiger partial charge in [0.2, 0.25) is 10.0 Å². The maximum atomic E-state index is 13.5. The van der Waals surface area contributed by atoms with E-state index in [2.05, 4.69) is 24.9 Å². The highest BCUT2D eigenvalue weighted by Crippen LogP contribution is 2.41. The number of benzene rings is 1. The van der Waals surface area contributed by atoms with Gasteiger partial charge < -0.3 is 0 Å². The van der Waals surface area contributed by atoms with Gasteiger partial charge in [-0.3, -0.25) is 4.85 Å². The molecule has 0 radical (unpaired) electrons. The molecule has 15 heteroatoms. The second kappa shape index (κ2) is 7.12. The van der Waals surface area contributed by atoms with Crippen molar-refractivity contribution < 1.29 is 26.0 Å². The van der Waals surface area contributed by atoms with Crippen molar-refractivity contribution in [3.63, 3.8) is 0 Å². The predicted octanol–water partition coefficient (Wildman–Crippen LogP) is 4.23. The molecule has 1 N–H and O–H groups in total. The number of halogens is 5. The van der Waals surface area contributed by atoms with Crippen LogP contribution in [0, 0.1) is 6.57 Å². The number of alkyl halides is 4. The van der Waals surface area contributed by atoms with Crippen LogP contribution < -0.4 is 4.72 Å². The van der Waals surface area contributed by atoms with Gasteiger partial charge >= 0.3 is 6.55 Å². The molecule has 30 heavy (non-hydrogen) atoms. The number of hydrogen-bond donors (Lipinski definition) is 1. The highest BCUT2D eigenvalue weighted by molar-refractivity contribution is 7.89. The van der Waals surface area contributed by atoms with E-state index in [9.17, 15) is 26.0 Å². The van der Waals surface area contributed by atoms with E-state index in [0.717, 1.165) is 12.1 Å². The Bertz CT molecular complexity index is 1300. The van der Waals surface area contributed by atoms with Gasteiger partial charge in [0, 0.05) is 5.39 Å². The highest BCUT2D eigenvalue weighted by atomic mass is 35.5. The summed E-state index contributed by atoms with van der Waals surface area (Å²) in [5.74, 6) is 0. The molecule has 1 fully saturated rings. The van der Waals surface area contributed by atoms with Gasteiger partial charge in [0.15, 0.2) is 10.0 Å². The van der Waals surface area contributed by atoms with Gasteiger partial charge in [-0.15, -0.1) is 14.9 Å². The minimum Gasteiger partial charge on any atom is -0.292 e. The third-order valence-corrected chi connectivity index (χ3v) is 7.05. The van der Waals surface area contributed by atoms with Gasteiger partial charge in [-0.25, -0.2) is 28.5 Å². The smallest absolute Gasteiger partial charge is 0.292 e. The molecule has 1 aromatic carbocycles. The SMILES string of the molecule is [C-]#[N+]C1(NS(=O)(=O)c2cc(Cl)c3c(c2)c(-c2nnc(C(F)F)s2)nn3C(F)F)CC1. The molecule has 0 spiro atoms. The van der Waals surface area contributed by atoms with Crippen molar-refractivity contribution in [2.24, 2.45) is 0 Å². The van der Waals surface area contributed by atoms with Crippen LogP contribution in [-0.4, -0.2) is 34.1 Å². The number of fused-ring (bicyclic) bond motifs is 1. The van der Waals surface area contributed by atoms with Crippen molar-refractivity contribution in [3.05, 3.63) is 33.6 Å². The monoisotopic (exact) mass is 480 g/mol. The van der Waals surface area contributed by atoms with Crippen LogP contribution in [0.25, 0.3) is 26.4 Å². The zero-order valence-electron chi connectivity index (χ0n) is 14.5. The molecule has 1 aliphatic carbocycles. The van der Waals surface area contributed by atoms with Gasteiger partial charge in [0.25, 0.3) is 12.1 Å². The van der Waals surface area contributed by atoms with Crippen LogP contribution in [-0.2, 0) is 10.0 Å². The molecule has 2 aromatic heterocycles. The molecular weight excluding hydrogens is 472 g/mol. The van der Waals surface area contributed by atoms with Crippen LogP contribution in [0.3, 0.4) is 0 Å². The normalized spacial score (nSPS) is 15.8. The number of hydrogen-bond acceptors (Lipinski definition) is 6. The molecule has 3 aromatic rings. The van der Waals surface area contributed by atoms with Crippen molar-refractivity contribution in [1.29, 1.82) is 0 Å². The highest BCUT2D eigenvalue weighted by Gasteiger charge is 2.54. The fourth-order valence-corrected chi connectivity index (χ4v) is 5.22. The first-order valence-corrected chi connectivity index (χ1v) is 10.8. The molecule has 1 saturated carbocycles. The average molecular weight is 481 g/mol. The lowest BCUT2D eigenvalue weighted by Crippen LogP contribution is -2.34. The molecule has 1 aliphatic rings. The fraction of sp³-hybridized carbons (Fsp3) is 0.333. The zero-order chi connectivity index (χ0) is 21.8. The van der Waals surface area contributed by atoms with Crippen LogP contribution in [0.1, 0.15) is 30.8 Å². The molecular formula is C15H9ClF4N6O2S2. The molecule has 0 saturated heterocycles. The van der Waals surface area contributed by atoms with Crippen molar-refractivity contribution in [3.8, 4) is 10.7 Å². The molecule has 158 valence electrons. The zero-order valence-corrected chi connectivity index (χ0v) is 16.9. The molecule has 0 amide bonds. The van der Waals surface area contributed by atoms with Crippen molar-refractivity contribution in [1.82, 2.24) is 24.7 Å². The molecule has 0 aliphatic heterocycles. The molecule has 4 rings (SSSR count). The Hall–Kier alpha value is -2.34. The summed E-state index contributed by atoms with van der Waals surface area (Å²) in [5, 5.41) is 9.23. The fourth-order valence-electron chi connectivity index (χ4n) is 2.74. The van der Waals surface area contributed by atoms with Gasteiger partial charge in [0.1, 0.15) is 5.69 Å². The maximum Gasteiger partial charge on any atom is 0.333 e. The summed E-state index contributed by atoms with van der Waals surface area (Å²) in [6.45, 7) is 3.98. The van der Waals surface area contributed by atoms with Crippen molar-refractivity contribution in [2.45, 2.75) is 36.4 Å². The third-order valence-electron chi connectivity index (χ3n) is 4.32. The first-order valence-electron chi connectivity index (χ1n) is 8.11. The van der Waals surface area contributed by atoms with E-state index in [-0.39, 0.29) is 36.2 Å². The minimum absolute atomic E-state index is 0.132. The van der Waals surface area contributed by atoms with Gasteiger partial charge in [-0.2, -0.15) is 13.9 Å². The van der Waals surface area contributed by atoms with Crippen LogP contribution in [0.5, 0.6) is 0 Å². The van der Waals surface area contributed by atoms with E-state index in [1.165, 1.54) is 0 Å². The Kier molecular flexibility index (Phi) is 4.96. The van der Waals surface area contributed by atoms with Crippen LogP contribution in [0.4, 0.5) is 17.6 Å². The van der Waals surface area contributed by atoms with Crippen LogP contribution >= 0.6 is 22.9 Å². The summed E-state index contributed by atoms with van der Waals surface area (Å²) >= 11 is 6.53. The average Bonchev–Trinajstić information content (AvgIpc) is 3.10. The summed E-state index contributed by atoms with van der Waals surface area (Å²) in [4.78, 5) is 2.88. The Morgan fingerprint density at radius 2 is 1.97 bits per heavy atom. The lowest BCUT2D eigenvalue weighted by molar-refractivity contribution is 0.0618. The molecule has 0 unspecified atom stereocenters. The van der Waals surface area contributed by atoms with Gasteiger partial charge in [0.05, 0.1) is 28.3 Å². The lowest BCUT2D eigenvalue weighted by atomic mass is 10.2. The quantitative estimate of drug-likeness (QED) is 0.421. The summed E-state index contributed by atoms with van der Waals surface area (Å²) in [6, 6.07) is 2.00. The molecule has 8 nitrogen and oxygen atoms in total. The largest absolute Gasteiger partial charge is 0.333 e. The van der Waals surface area contributed by atoms with E-state index in [0.29, 0.717) is 24.2 Å². The Morgan fingerprint density at radius 3 is 2.50 bits per heavy atom. The minimum atomic E-state index is -4.23. The Morgan fingerprint density at radius 1 is 1.27 bits per heavy atom. The topological polar surface area (TPSA) is 94.1 Å². The Balaban J connectivity index is 1.91. The number of rotatable bonds is 6. The van der Waals surface area contributed by atoms with Crippen molar-refractivity contribution in [2.75, 3.05) is 0 Å². The lowest BCUT2D eigenvalue weighted by Gasteiger charge is -2.09. The standard InChI is InChI=1S/C15H9ClF4N6O2S2/c1-21-15(2-3-15)25-30(27,28)6-4-7-9(12-22-23-13(29-12)11(17)18)24-26(14(19)20)10(7)8(16)5-6/h4-5,11,14,25H,2-3H2. The van der Waals surface area contributed by atoms with E-state index < -0.39 is 33.7 Å². The van der Waals surface area contributed by atoms with E-state index in [1.807, 2.05) is 0 Å². The summed E-state index contributed by atoms with van der Waals surface area (Å²) < 4.78 is 80.6. The van der Waals surface area contributed by atoms with Gasteiger partial charge in [-0.1, -0.05) is 22.9 Å². The van der Waals surface area contributed by atoms with E-state index >= 15 is 0 Å². The number of aromatic nitrogens is 4. The predicted molar refractivity (Wildman–Crippen MR) is 98.7 cm³/mol. The molecule has 0 atom stereocenters. The van der Waals surface area contributed by atoms with Crippen molar-refractivity contribution >= 4 is 43.9 Å². The van der Waals surface area contributed by atoms with Gasteiger partial charge in [-0.05, 0) is 12.1 Å². The Labute approximate surface area is 175 Å². The first-order chi connectivity index (χ1) is 14.1. The number of nitrogens with zero attached hydrogens (tertiary/aromatic N) is 5. The second-order valence-electron chi connectivity index (χ2n) is 6.37. The molecule has 0 bridgehead atoms. The number of nitrogens with one attached hydrogen (secondary N) is 1. The maximum absolute atomic E-state index is 13.5. The summed E-state index contributed by atoms with van der Waals surface area (Å²) in [6.07, 6.45) is -2.25. The second-order valence-corrected chi connectivity index (χ2v) is 9.47. The van der Waals surface area contributed by atoms with Crippen LogP contribution in [0.2, 0.25) is 5.02 Å². The summed E-state index contributed by atoms with van der Waals surface area (Å²) in [7, 11) is -4.23. The first kappa shape index (κ1) is 20.9. The summed E-state index contributed by atoms with van der Waals surface area (Å²) in [5.41, 5.74) is -1.79. The van der Waals surface area contributed by atoms with Crippen LogP contribution in [0.15, 0.2) is 17.0 Å². The van der Waals surface area contributed by atoms with E-state index in [1.54, 1.807) is 0 Å². The third kappa shape index (κ3) is 3.51. The number of sulfonamides is 1.